The van der Waals surface area contributed by atoms with Gasteiger partial charge in [-0.05, 0) is 29.3 Å². The maximum Gasteiger partial charge on any atom is 0.258 e. The summed E-state index contributed by atoms with van der Waals surface area (Å²) in [6.07, 6.45) is 0. The maximum atomic E-state index is 12.3. The fourth-order valence-electron chi connectivity index (χ4n) is 2.44. The zero-order valence-corrected chi connectivity index (χ0v) is 10.9. The van der Waals surface area contributed by atoms with E-state index in [1.807, 2.05) is 0 Å². The minimum Gasteiger partial charge on any atom is -0.504 e. The fourth-order valence-corrected chi connectivity index (χ4v) is 2.44. The van der Waals surface area contributed by atoms with Crippen molar-refractivity contribution < 1.29 is 25.2 Å². The Morgan fingerprint density at radius 1 is 0.952 bits per heavy atom. The van der Waals surface area contributed by atoms with Crippen molar-refractivity contribution in [3.63, 3.8) is 0 Å². The molecule has 0 radical (unpaired) electrons. The minimum absolute atomic E-state index is 0.109. The predicted molar refractivity (Wildman–Crippen MR) is 73.1 cm³/mol. The number of phenolic OH excluding ortho intramolecular Hbond substituents is 4. The van der Waals surface area contributed by atoms with Gasteiger partial charge >= 0.3 is 0 Å². The number of carbonyl (C=O) groups is 1. The second kappa shape index (κ2) is 4.59. The van der Waals surface area contributed by atoms with Gasteiger partial charge in [0, 0.05) is 13.1 Å². The van der Waals surface area contributed by atoms with E-state index in [4.69, 9.17) is 0 Å². The Kier molecular flexibility index (Phi) is 2.86. The number of phenols is 4. The third kappa shape index (κ3) is 2.10. The van der Waals surface area contributed by atoms with E-state index >= 15 is 0 Å². The molecule has 0 fully saturated rings. The normalized spacial score (nSPS) is 13.5. The van der Waals surface area contributed by atoms with Gasteiger partial charge in [-0.15, -0.1) is 0 Å². The molecule has 1 aliphatic rings. The maximum absolute atomic E-state index is 12.3. The summed E-state index contributed by atoms with van der Waals surface area (Å²) in [6, 6.07) is 7.27. The van der Waals surface area contributed by atoms with E-state index in [-0.39, 0.29) is 35.3 Å². The first-order valence-corrected chi connectivity index (χ1v) is 6.31. The van der Waals surface area contributed by atoms with Crippen molar-refractivity contribution in [2.75, 3.05) is 0 Å². The first kappa shape index (κ1) is 13.1. The van der Waals surface area contributed by atoms with Crippen LogP contribution in [-0.2, 0) is 13.1 Å². The van der Waals surface area contributed by atoms with Crippen LogP contribution in [0, 0.1) is 0 Å². The van der Waals surface area contributed by atoms with Crippen LogP contribution in [0.5, 0.6) is 23.0 Å². The Balaban J connectivity index is 1.88. The summed E-state index contributed by atoms with van der Waals surface area (Å²) in [5.41, 5.74) is 1.39. The number of amides is 1. The van der Waals surface area contributed by atoms with Crippen molar-refractivity contribution in [1.82, 2.24) is 4.90 Å². The Morgan fingerprint density at radius 3 is 2.38 bits per heavy atom. The van der Waals surface area contributed by atoms with E-state index in [2.05, 4.69) is 0 Å². The molecule has 0 aromatic heterocycles. The summed E-state index contributed by atoms with van der Waals surface area (Å²) in [6.45, 7) is 0.533. The smallest absolute Gasteiger partial charge is 0.258 e. The van der Waals surface area contributed by atoms with E-state index in [1.54, 1.807) is 12.1 Å². The van der Waals surface area contributed by atoms with Crippen LogP contribution in [0.4, 0.5) is 0 Å². The van der Waals surface area contributed by atoms with Crippen LogP contribution in [0.25, 0.3) is 0 Å². The van der Waals surface area contributed by atoms with Crippen molar-refractivity contribution in [2.24, 2.45) is 0 Å². The van der Waals surface area contributed by atoms with Crippen LogP contribution in [0.2, 0.25) is 0 Å². The summed E-state index contributed by atoms with van der Waals surface area (Å²) in [5.74, 6) is -1.60. The van der Waals surface area contributed by atoms with Crippen LogP contribution < -0.4 is 0 Å². The molecular weight excluding hydrogens is 274 g/mol. The highest BCUT2D eigenvalue weighted by Gasteiger charge is 2.31. The summed E-state index contributed by atoms with van der Waals surface area (Å²) in [7, 11) is 0. The largest absolute Gasteiger partial charge is 0.504 e. The third-order valence-electron chi connectivity index (χ3n) is 3.52. The molecule has 2 aromatic rings. The lowest BCUT2D eigenvalue weighted by molar-refractivity contribution is 0.0764. The number of nitrogens with zero attached hydrogens (tertiary/aromatic N) is 1. The molecule has 0 spiro atoms. The predicted octanol–water partition coefficient (Wildman–Crippen LogP) is 1.66. The van der Waals surface area contributed by atoms with Gasteiger partial charge in [0.05, 0.1) is 5.56 Å². The number of fused-ring (bicyclic) bond motifs is 1. The molecule has 0 aliphatic carbocycles. The first-order valence-electron chi connectivity index (χ1n) is 6.31. The number of aromatic hydroxyl groups is 4. The highest BCUT2D eigenvalue weighted by molar-refractivity contribution is 6.01. The van der Waals surface area contributed by atoms with Gasteiger partial charge in [0.25, 0.3) is 5.91 Å². The quantitative estimate of drug-likeness (QED) is 0.629. The molecule has 0 atom stereocenters. The van der Waals surface area contributed by atoms with Crippen LogP contribution >= 0.6 is 0 Å². The van der Waals surface area contributed by atoms with E-state index < -0.39 is 5.75 Å². The zero-order valence-electron chi connectivity index (χ0n) is 10.9. The third-order valence-corrected chi connectivity index (χ3v) is 3.52. The van der Waals surface area contributed by atoms with Gasteiger partial charge in [0.15, 0.2) is 23.0 Å². The van der Waals surface area contributed by atoms with Gasteiger partial charge in [-0.25, -0.2) is 0 Å². The molecule has 0 bridgehead atoms. The second-order valence-electron chi connectivity index (χ2n) is 4.95. The highest BCUT2D eigenvalue weighted by Crippen LogP contribution is 2.37. The molecule has 6 heteroatoms. The minimum atomic E-state index is -0.409. The molecule has 1 aliphatic heterocycles. The lowest BCUT2D eigenvalue weighted by Gasteiger charge is -2.16. The number of hydrogen-bond donors (Lipinski definition) is 4. The van der Waals surface area contributed by atoms with E-state index in [1.165, 1.54) is 23.1 Å². The molecular formula is C15H13NO5. The molecule has 1 heterocycles. The average Bonchev–Trinajstić information content (AvgIpc) is 2.76. The molecule has 6 nitrogen and oxygen atoms in total. The molecule has 0 unspecified atom stereocenters. The van der Waals surface area contributed by atoms with Crippen molar-refractivity contribution in [2.45, 2.75) is 13.1 Å². The molecule has 1 amide bonds. The number of benzene rings is 2. The van der Waals surface area contributed by atoms with Gasteiger partial charge in [-0.1, -0.05) is 12.1 Å². The number of carbonyl (C=O) groups excluding carboxylic acids is 1. The number of hydrogen-bond acceptors (Lipinski definition) is 5. The van der Waals surface area contributed by atoms with E-state index in [0.29, 0.717) is 17.7 Å². The average molecular weight is 287 g/mol. The Labute approximate surface area is 120 Å². The summed E-state index contributed by atoms with van der Waals surface area (Å²) >= 11 is 0. The SMILES string of the molecule is O=C1c2c(ccc(O)c2O)CN1Cc1ccc(O)c(O)c1. The molecule has 21 heavy (non-hydrogen) atoms. The standard InChI is InChI=1S/C15H13NO5/c17-10-3-1-8(5-12(10)19)6-16-7-9-2-4-11(18)14(20)13(9)15(16)21/h1-5,17-20H,6-7H2. The van der Waals surface area contributed by atoms with Crippen molar-refractivity contribution >= 4 is 5.91 Å². The number of rotatable bonds is 2. The van der Waals surface area contributed by atoms with E-state index in [9.17, 15) is 25.2 Å². The van der Waals surface area contributed by atoms with Gasteiger partial charge in [-0.2, -0.15) is 0 Å². The Bertz CT molecular complexity index is 741. The van der Waals surface area contributed by atoms with Crippen LogP contribution in [0.3, 0.4) is 0 Å². The topological polar surface area (TPSA) is 101 Å². The zero-order chi connectivity index (χ0) is 15.1. The summed E-state index contributed by atoms with van der Waals surface area (Å²) in [4.78, 5) is 13.8. The van der Waals surface area contributed by atoms with E-state index in [0.717, 1.165) is 0 Å². The first-order chi connectivity index (χ1) is 9.97. The summed E-state index contributed by atoms with van der Waals surface area (Å²) < 4.78 is 0. The molecule has 4 N–H and O–H groups in total. The molecule has 0 saturated heterocycles. The molecule has 2 aromatic carbocycles. The monoisotopic (exact) mass is 287 g/mol. The molecule has 0 saturated carbocycles. The van der Waals surface area contributed by atoms with Crippen LogP contribution in [0.15, 0.2) is 30.3 Å². The van der Waals surface area contributed by atoms with Gasteiger partial charge < -0.3 is 25.3 Å². The molecule has 3 rings (SSSR count). The van der Waals surface area contributed by atoms with Crippen LogP contribution in [-0.4, -0.2) is 31.2 Å². The fraction of sp³-hybridized carbons (Fsp3) is 0.133. The Morgan fingerprint density at radius 2 is 1.67 bits per heavy atom. The van der Waals surface area contributed by atoms with Gasteiger partial charge in [0.2, 0.25) is 0 Å². The van der Waals surface area contributed by atoms with Crippen LogP contribution in [0.1, 0.15) is 21.5 Å². The lowest BCUT2D eigenvalue weighted by atomic mass is 10.1. The Hall–Kier alpha value is -2.89. The van der Waals surface area contributed by atoms with Crippen molar-refractivity contribution in [3.05, 3.63) is 47.0 Å². The van der Waals surface area contributed by atoms with Crippen molar-refractivity contribution in [3.8, 4) is 23.0 Å². The van der Waals surface area contributed by atoms with Gasteiger partial charge in [-0.3, -0.25) is 4.79 Å². The molecule has 108 valence electrons. The van der Waals surface area contributed by atoms with Gasteiger partial charge in [0.1, 0.15) is 0 Å². The second-order valence-corrected chi connectivity index (χ2v) is 4.95. The highest BCUT2D eigenvalue weighted by atomic mass is 16.3. The summed E-state index contributed by atoms with van der Waals surface area (Å²) in [5, 5.41) is 38.0. The van der Waals surface area contributed by atoms with Crippen molar-refractivity contribution in [1.29, 1.82) is 0 Å². The lowest BCUT2D eigenvalue weighted by Crippen LogP contribution is -2.23.